The van der Waals surface area contributed by atoms with Crippen LogP contribution in [0.15, 0.2) is 53.3 Å². The maximum atomic E-state index is 13.3. The van der Waals surface area contributed by atoms with Crippen LogP contribution in [0.2, 0.25) is 5.02 Å². The van der Waals surface area contributed by atoms with Gasteiger partial charge in [-0.3, -0.25) is 9.59 Å². The number of carbonyl (C=O) groups excluding carboxylic acids is 1. The number of anilines is 2. The fourth-order valence-electron chi connectivity index (χ4n) is 4.50. The zero-order chi connectivity index (χ0) is 25.1. The van der Waals surface area contributed by atoms with Crippen LogP contribution < -0.4 is 30.3 Å². The van der Waals surface area contributed by atoms with Crippen LogP contribution in [0.1, 0.15) is 30.5 Å². The molecule has 1 atom stereocenters. The van der Waals surface area contributed by atoms with E-state index in [-0.39, 0.29) is 17.4 Å². The van der Waals surface area contributed by atoms with Crippen molar-refractivity contribution in [1.29, 1.82) is 0 Å². The maximum absolute atomic E-state index is 13.3. The summed E-state index contributed by atoms with van der Waals surface area (Å²) in [6, 6.07) is 13.9. The topological polar surface area (TPSA) is 85.9 Å². The van der Waals surface area contributed by atoms with Gasteiger partial charge in [0.2, 0.25) is 17.1 Å². The summed E-state index contributed by atoms with van der Waals surface area (Å²) in [4.78, 5) is 25.4. The molecule has 0 radical (unpaired) electrons. The highest BCUT2D eigenvalue weighted by molar-refractivity contribution is 6.30. The van der Waals surface area contributed by atoms with E-state index in [4.69, 9.17) is 25.8 Å². The molecule has 2 N–H and O–H groups in total. The van der Waals surface area contributed by atoms with E-state index in [1.54, 1.807) is 57.7 Å². The van der Waals surface area contributed by atoms with Gasteiger partial charge >= 0.3 is 0 Å². The number of amides is 1. The molecule has 182 valence electrons. The van der Waals surface area contributed by atoms with Crippen molar-refractivity contribution < 1.29 is 19.0 Å². The molecular weight excluding hydrogens is 468 g/mol. The fraction of sp³-hybridized carbons (Fsp3) is 0.259. The molecule has 1 amide bonds. The first kappa shape index (κ1) is 24.4. The summed E-state index contributed by atoms with van der Waals surface area (Å²) in [5, 5.41) is 6.79. The second kappa shape index (κ2) is 10.3. The van der Waals surface area contributed by atoms with Crippen LogP contribution in [0.25, 0.3) is 11.1 Å². The number of carbonyl (C=O) groups is 1. The third kappa shape index (κ3) is 4.91. The molecule has 35 heavy (non-hydrogen) atoms. The highest BCUT2D eigenvalue weighted by Gasteiger charge is 2.29. The second-order valence-electron chi connectivity index (χ2n) is 8.23. The monoisotopic (exact) mass is 494 g/mol. The lowest BCUT2D eigenvalue weighted by Gasteiger charge is -2.19. The van der Waals surface area contributed by atoms with Gasteiger partial charge in [-0.2, -0.15) is 0 Å². The molecule has 0 bridgehead atoms. The van der Waals surface area contributed by atoms with Gasteiger partial charge in [-0.15, -0.1) is 0 Å². The van der Waals surface area contributed by atoms with Crippen LogP contribution in [0, 0.1) is 0 Å². The molecule has 1 aliphatic carbocycles. The van der Waals surface area contributed by atoms with Gasteiger partial charge in [-0.25, -0.2) is 0 Å². The molecule has 0 unspecified atom stereocenters. The minimum atomic E-state index is -0.361. The van der Waals surface area contributed by atoms with Gasteiger partial charge in [0.05, 0.1) is 33.1 Å². The molecule has 3 aromatic carbocycles. The van der Waals surface area contributed by atoms with E-state index in [1.807, 2.05) is 12.1 Å². The van der Waals surface area contributed by atoms with Gasteiger partial charge in [-0.1, -0.05) is 17.7 Å². The normalized spacial score (nSPS) is 14.1. The number of hydrogen-bond acceptors (Lipinski definition) is 6. The Hall–Kier alpha value is -3.71. The quantitative estimate of drug-likeness (QED) is 0.486. The molecule has 3 aromatic rings. The van der Waals surface area contributed by atoms with Crippen molar-refractivity contribution in [2.24, 2.45) is 0 Å². The minimum absolute atomic E-state index is 0.174. The first-order valence-electron chi connectivity index (χ1n) is 11.2. The molecule has 0 heterocycles. The van der Waals surface area contributed by atoms with Crippen molar-refractivity contribution in [2.75, 3.05) is 26.6 Å². The lowest BCUT2D eigenvalue weighted by Crippen LogP contribution is -2.26. The van der Waals surface area contributed by atoms with Gasteiger partial charge in [-0.05, 0) is 72.0 Å². The van der Waals surface area contributed by atoms with E-state index in [0.29, 0.717) is 46.4 Å². The number of hydrogen-bond donors (Lipinski definition) is 2. The molecule has 1 aliphatic rings. The number of fused-ring (bicyclic) bond motifs is 3. The molecule has 8 heteroatoms. The van der Waals surface area contributed by atoms with Gasteiger partial charge < -0.3 is 24.8 Å². The van der Waals surface area contributed by atoms with Crippen LogP contribution in [0.4, 0.5) is 11.4 Å². The third-order valence-electron chi connectivity index (χ3n) is 6.04. The number of methoxy groups -OCH3 is 3. The average molecular weight is 495 g/mol. The Bertz CT molecular complexity index is 1320. The summed E-state index contributed by atoms with van der Waals surface area (Å²) in [5.74, 6) is 1.36. The van der Waals surface area contributed by atoms with Crippen molar-refractivity contribution >= 4 is 28.9 Å². The average Bonchev–Trinajstić information content (AvgIpc) is 3.08. The zero-order valence-electron chi connectivity index (χ0n) is 20.0. The zero-order valence-corrected chi connectivity index (χ0v) is 20.8. The van der Waals surface area contributed by atoms with E-state index >= 15 is 0 Å². The summed E-state index contributed by atoms with van der Waals surface area (Å²) >= 11 is 5.99. The van der Waals surface area contributed by atoms with Crippen LogP contribution in [-0.4, -0.2) is 27.2 Å². The number of rotatable bonds is 6. The van der Waals surface area contributed by atoms with E-state index in [1.165, 1.54) is 6.92 Å². The molecule has 0 fully saturated rings. The number of ether oxygens (including phenoxy) is 3. The van der Waals surface area contributed by atoms with Gasteiger partial charge in [0, 0.05) is 23.2 Å². The van der Waals surface area contributed by atoms with Crippen molar-refractivity contribution in [3.05, 3.63) is 74.9 Å². The summed E-state index contributed by atoms with van der Waals surface area (Å²) in [6.07, 6.45) is 1.24. The van der Waals surface area contributed by atoms with Crippen LogP contribution in [0.5, 0.6) is 17.2 Å². The van der Waals surface area contributed by atoms with Crippen molar-refractivity contribution in [3.63, 3.8) is 0 Å². The SMILES string of the molecule is COc1cc2c(c(OC)c1OC)-c1ccc(Nc3ccc(Cl)cc3)c(=O)cc1[C@H](NC(C)=O)CC2. The maximum Gasteiger partial charge on any atom is 0.217 e. The van der Waals surface area contributed by atoms with Gasteiger partial charge in [0.25, 0.3) is 0 Å². The highest BCUT2D eigenvalue weighted by atomic mass is 35.5. The number of benzene rings is 2. The second-order valence-corrected chi connectivity index (χ2v) is 8.66. The summed E-state index contributed by atoms with van der Waals surface area (Å²) in [5.41, 5.74) is 4.17. The molecule has 0 spiro atoms. The van der Waals surface area contributed by atoms with Gasteiger partial charge in [0.15, 0.2) is 11.5 Å². The molecule has 0 saturated carbocycles. The summed E-state index contributed by atoms with van der Waals surface area (Å²) in [6.45, 7) is 1.47. The molecule has 0 aromatic heterocycles. The third-order valence-corrected chi connectivity index (χ3v) is 6.29. The number of nitrogens with one attached hydrogen (secondary N) is 2. The highest BCUT2D eigenvalue weighted by Crippen LogP contribution is 2.50. The van der Waals surface area contributed by atoms with Crippen molar-refractivity contribution in [1.82, 2.24) is 5.32 Å². The summed E-state index contributed by atoms with van der Waals surface area (Å²) in [7, 11) is 4.70. The molecular formula is C27H27ClN2O5. The summed E-state index contributed by atoms with van der Waals surface area (Å²) < 4.78 is 17.0. The number of aryl methyl sites for hydroxylation is 1. The van der Waals surface area contributed by atoms with E-state index < -0.39 is 0 Å². The Morgan fingerprint density at radius 1 is 0.971 bits per heavy atom. The van der Waals surface area contributed by atoms with Crippen molar-refractivity contribution in [2.45, 2.75) is 25.8 Å². The number of halogens is 1. The predicted molar refractivity (Wildman–Crippen MR) is 137 cm³/mol. The van der Waals surface area contributed by atoms with Crippen LogP contribution in [0.3, 0.4) is 0 Å². The molecule has 0 aliphatic heterocycles. The Morgan fingerprint density at radius 3 is 2.31 bits per heavy atom. The van der Waals surface area contributed by atoms with Gasteiger partial charge in [0.1, 0.15) is 0 Å². The smallest absolute Gasteiger partial charge is 0.217 e. The van der Waals surface area contributed by atoms with E-state index in [0.717, 1.165) is 22.4 Å². The minimum Gasteiger partial charge on any atom is -0.493 e. The lowest BCUT2D eigenvalue weighted by atomic mass is 9.95. The van der Waals surface area contributed by atoms with Crippen molar-refractivity contribution in [3.8, 4) is 28.4 Å². The fourth-order valence-corrected chi connectivity index (χ4v) is 4.63. The first-order valence-corrected chi connectivity index (χ1v) is 11.5. The molecule has 0 saturated heterocycles. The predicted octanol–water partition coefficient (Wildman–Crippen LogP) is 5.26. The first-order chi connectivity index (χ1) is 16.9. The largest absolute Gasteiger partial charge is 0.493 e. The molecule has 4 rings (SSSR count). The Kier molecular flexibility index (Phi) is 7.17. The van der Waals surface area contributed by atoms with Crippen LogP contribution >= 0.6 is 11.6 Å². The van der Waals surface area contributed by atoms with E-state index in [2.05, 4.69) is 10.6 Å². The Morgan fingerprint density at radius 2 is 1.69 bits per heavy atom. The standard InChI is InChI=1S/C27H27ClN2O5/c1-15(31)29-21-11-5-16-13-24(33-2)26(34-3)27(35-4)25(16)19-10-12-22(23(32)14-20(19)21)30-18-8-6-17(28)7-9-18/h6-10,12-14,21H,5,11H2,1-4H3,(H,29,31)(H,30,32)/t21-/m1/s1. The lowest BCUT2D eigenvalue weighted by molar-refractivity contribution is -0.119. The van der Waals surface area contributed by atoms with Crippen LogP contribution in [-0.2, 0) is 11.2 Å². The Balaban J connectivity index is 1.97. The van der Waals surface area contributed by atoms with E-state index in [9.17, 15) is 9.59 Å². The molecule has 7 nitrogen and oxygen atoms in total. The Labute approximate surface area is 209 Å².